The number of benzene rings is 2. The maximum absolute atomic E-state index is 6.37. The highest BCUT2D eigenvalue weighted by Crippen LogP contribution is 2.27. The zero-order valence-corrected chi connectivity index (χ0v) is 14.9. The molecule has 0 amide bonds. The molecular weight excluding hydrogens is 294 g/mol. The van der Waals surface area contributed by atoms with Crippen LogP contribution in [0, 0.1) is 0 Å². The second-order valence-corrected chi connectivity index (χ2v) is 6.94. The topological polar surface area (TPSA) is 12.5 Å². The van der Waals surface area contributed by atoms with E-state index in [0.29, 0.717) is 12.1 Å². The number of ether oxygens (including phenoxy) is 1. The quantitative estimate of drug-likeness (QED) is 0.737. The van der Waals surface area contributed by atoms with E-state index >= 15 is 0 Å². The minimum Gasteiger partial charge on any atom is -0.367 e. The summed E-state index contributed by atoms with van der Waals surface area (Å²) in [4.78, 5) is 2.61. The molecule has 0 saturated carbocycles. The van der Waals surface area contributed by atoms with Gasteiger partial charge >= 0.3 is 0 Å². The van der Waals surface area contributed by atoms with Crippen LogP contribution in [0.3, 0.4) is 0 Å². The third-order valence-corrected chi connectivity index (χ3v) is 5.21. The molecular formula is C22H29NO. The Morgan fingerprint density at radius 3 is 1.88 bits per heavy atom. The molecule has 2 nitrogen and oxygen atoms in total. The first-order valence-electron chi connectivity index (χ1n) is 9.23. The van der Waals surface area contributed by atoms with Crippen LogP contribution in [-0.2, 0) is 4.74 Å². The van der Waals surface area contributed by atoms with Crippen molar-refractivity contribution in [3.8, 4) is 0 Å². The lowest BCUT2D eigenvalue weighted by Gasteiger charge is -2.39. The highest BCUT2D eigenvalue weighted by molar-refractivity contribution is 5.29. The van der Waals surface area contributed by atoms with Crippen LogP contribution in [0.25, 0.3) is 0 Å². The lowest BCUT2D eigenvalue weighted by atomic mass is 9.98. The predicted molar refractivity (Wildman–Crippen MR) is 100 cm³/mol. The fraction of sp³-hybridized carbons (Fsp3) is 0.455. The molecule has 0 spiro atoms. The molecule has 2 aromatic carbocycles. The van der Waals surface area contributed by atoms with Gasteiger partial charge in [-0.15, -0.1) is 0 Å². The van der Waals surface area contributed by atoms with Crippen molar-refractivity contribution in [3.63, 3.8) is 0 Å². The summed E-state index contributed by atoms with van der Waals surface area (Å²) in [6.07, 6.45) is 4.00. The van der Waals surface area contributed by atoms with Crippen LogP contribution in [-0.4, -0.2) is 30.1 Å². The zero-order valence-electron chi connectivity index (χ0n) is 14.9. The average molecular weight is 323 g/mol. The number of rotatable bonds is 6. The molecule has 1 saturated heterocycles. The van der Waals surface area contributed by atoms with E-state index in [1.807, 2.05) is 0 Å². The Labute approximate surface area is 146 Å². The van der Waals surface area contributed by atoms with Gasteiger partial charge in [-0.05, 0) is 37.8 Å². The molecule has 1 aliphatic rings. The molecule has 24 heavy (non-hydrogen) atoms. The van der Waals surface area contributed by atoms with E-state index in [1.165, 1.54) is 30.4 Å². The lowest BCUT2D eigenvalue weighted by molar-refractivity contribution is 0.0259. The molecule has 3 rings (SSSR count). The van der Waals surface area contributed by atoms with Crippen molar-refractivity contribution in [2.24, 2.45) is 0 Å². The van der Waals surface area contributed by atoms with Gasteiger partial charge in [0.05, 0.1) is 6.61 Å². The van der Waals surface area contributed by atoms with Crippen LogP contribution in [0.4, 0.5) is 0 Å². The average Bonchev–Trinajstić information content (AvgIpc) is 2.62. The van der Waals surface area contributed by atoms with Crippen molar-refractivity contribution in [1.82, 2.24) is 4.90 Å². The molecule has 2 heteroatoms. The van der Waals surface area contributed by atoms with Gasteiger partial charge in [-0.2, -0.15) is 0 Å². The van der Waals surface area contributed by atoms with E-state index in [2.05, 4.69) is 79.4 Å². The normalized spacial score (nSPS) is 22.0. The Hall–Kier alpha value is -1.64. The van der Waals surface area contributed by atoms with Crippen LogP contribution in [0.1, 0.15) is 50.3 Å². The first kappa shape index (κ1) is 17.2. The smallest absolute Gasteiger partial charge is 0.108 e. The molecule has 1 heterocycles. The molecule has 0 radical (unpaired) electrons. The van der Waals surface area contributed by atoms with Gasteiger partial charge < -0.3 is 4.74 Å². The Morgan fingerprint density at radius 2 is 1.38 bits per heavy atom. The van der Waals surface area contributed by atoms with Gasteiger partial charge in [0.15, 0.2) is 0 Å². The Balaban J connectivity index is 1.67. The van der Waals surface area contributed by atoms with Crippen LogP contribution < -0.4 is 0 Å². The second kappa shape index (κ2) is 8.46. The molecule has 1 aliphatic heterocycles. The van der Waals surface area contributed by atoms with Crippen molar-refractivity contribution in [1.29, 1.82) is 0 Å². The second-order valence-electron chi connectivity index (χ2n) is 6.94. The lowest BCUT2D eigenvalue weighted by Crippen LogP contribution is -2.45. The van der Waals surface area contributed by atoms with E-state index in [9.17, 15) is 0 Å². The number of hydrogen-bond donors (Lipinski definition) is 0. The minimum atomic E-state index is 0.0165. The summed E-state index contributed by atoms with van der Waals surface area (Å²) in [6, 6.07) is 22.4. The first-order chi connectivity index (χ1) is 11.8. The molecule has 128 valence electrons. The first-order valence-corrected chi connectivity index (χ1v) is 9.23. The Morgan fingerprint density at radius 1 is 0.875 bits per heavy atom. The molecule has 0 unspecified atom stereocenters. The minimum absolute atomic E-state index is 0.0165. The van der Waals surface area contributed by atoms with Gasteiger partial charge in [0.25, 0.3) is 0 Å². The van der Waals surface area contributed by atoms with Gasteiger partial charge in [-0.1, -0.05) is 67.1 Å². The fourth-order valence-electron chi connectivity index (χ4n) is 3.83. The van der Waals surface area contributed by atoms with Gasteiger partial charge in [-0.25, -0.2) is 0 Å². The highest BCUT2D eigenvalue weighted by Gasteiger charge is 2.24. The highest BCUT2D eigenvalue weighted by atomic mass is 16.5. The number of likely N-dealkylation sites (tertiary alicyclic amines) is 1. The van der Waals surface area contributed by atoms with Crippen molar-refractivity contribution >= 4 is 0 Å². The fourth-order valence-corrected chi connectivity index (χ4v) is 3.83. The Kier molecular flexibility index (Phi) is 6.06. The number of hydrogen-bond acceptors (Lipinski definition) is 2. The van der Waals surface area contributed by atoms with Crippen molar-refractivity contribution < 1.29 is 4.74 Å². The largest absolute Gasteiger partial charge is 0.367 e. The summed E-state index contributed by atoms with van der Waals surface area (Å²) >= 11 is 0. The van der Waals surface area contributed by atoms with E-state index in [1.54, 1.807) is 0 Å². The third kappa shape index (κ3) is 4.25. The predicted octanol–water partition coefficient (Wildman–Crippen LogP) is 5.06. The monoisotopic (exact) mass is 323 g/mol. The maximum Gasteiger partial charge on any atom is 0.108 e. The number of piperidine rings is 1. The summed E-state index contributed by atoms with van der Waals surface area (Å²) < 4.78 is 6.37. The zero-order chi connectivity index (χ0) is 16.8. The van der Waals surface area contributed by atoms with Crippen LogP contribution in [0.5, 0.6) is 0 Å². The van der Waals surface area contributed by atoms with Gasteiger partial charge in [0, 0.05) is 18.6 Å². The summed E-state index contributed by atoms with van der Waals surface area (Å²) in [5.74, 6) is 0. The Bertz CT molecular complexity index is 548. The summed E-state index contributed by atoms with van der Waals surface area (Å²) in [6.45, 7) is 6.48. The van der Waals surface area contributed by atoms with Gasteiger partial charge in [0.2, 0.25) is 0 Å². The van der Waals surface area contributed by atoms with E-state index in [4.69, 9.17) is 4.74 Å². The SMILES string of the molecule is C[C@H]1CCC[C@H](C)N1CCOC(c1ccccc1)c1ccccc1. The van der Waals surface area contributed by atoms with Gasteiger partial charge in [0.1, 0.15) is 6.10 Å². The summed E-state index contributed by atoms with van der Waals surface area (Å²) in [7, 11) is 0. The summed E-state index contributed by atoms with van der Waals surface area (Å²) in [5, 5.41) is 0. The van der Waals surface area contributed by atoms with Crippen molar-refractivity contribution in [3.05, 3.63) is 71.8 Å². The molecule has 0 aliphatic carbocycles. The van der Waals surface area contributed by atoms with Crippen LogP contribution in [0.2, 0.25) is 0 Å². The standard InChI is InChI=1S/C22H29NO/c1-18-10-9-11-19(2)23(18)16-17-24-22(20-12-5-3-6-13-20)21-14-7-4-8-15-21/h3-8,12-15,18-19,22H,9-11,16-17H2,1-2H3/t18-,19-/m0/s1. The van der Waals surface area contributed by atoms with Gasteiger partial charge in [-0.3, -0.25) is 4.90 Å². The van der Waals surface area contributed by atoms with E-state index in [0.717, 1.165) is 13.2 Å². The van der Waals surface area contributed by atoms with Crippen LogP contribution in [0.15, 0.2) is 60.7 Å². The molecule has 2 aromatic rings. The maximum atomic E-state index is 6.37. The molecule has 0 N–H and O–H groups in total. The molecule has 1 fully saturated rings. The molecule has 2 atom stereocenters. The van der Waals surface area contributed by atoms with E-state index in [-0.39, 0.29) is 6.10 Å². The summed E-state index contributed by atoms with van der Waals surface area (Å²) in [5.41, 5.74) is 2.45. The third-order valence-electron chi connectivity index (χ3n) is 5.21. The number of nitrogens with zero attached hydrogens (tertiary/aromatic N) is 1. The van der Waals surface area contributed by atoms with Crippen molar-refractivity contribution in [2.45, 2.75) is 51.3 Å². The van der Waals surface area contributed by atoms with Crippen molar-refractivity contribution in [2.75, 3.05) is 13.2 Å². The van der Waals surface area contributed by atoms with Crippen LogP contribution >= 0.6 is 0 Å². The molecule has 0 aromatic heterocycles. The van der Waals surface area contributed by atoms with E-state index < -0.39 is 0 Å². The molecule has 0 bridgehead atoms.